The van der Waals surface area contributed by atoms with Crippen molar-refractivity contribution >= 4 is 16.9 Å². The van der Waals surface area contributed by atoms with E-state index >= 15 is 0 Å². The van der Waals surface area contributed by atoms with Gasteiger partial charge in [-0.25, -0.2) is 4.98 Å². The van der Waals surface area contributed by atoms with Crippen LogP contribution in [0.15, 0.2) is 24.4 Å². The Labute approximate surface area is 118 Å². The summed E-state index contributed by atoms with van der Waals surface area (Å²) in [6.45, 7) is 3.86. The molecule has 1 atom stereocenters. The number of aromatic nitrogens is 2. The zero-order valence-corrected chi connectivity index (χ0v) is 11.9. The molecular weight excluding hydrogens is 254 g/mol. The monoisotopic (exact) mass is 275 g/mol. The van der Waals surface area contributed by atoms with Crippen molar-refractivity contribution in [2.75, 3.05) is 6.61 Å². The largest absolute Gasteiger partial charge is 0.394 e. The van der Waals surface area contributed by atoms with Crippen molar-refractivity contribution in [3.8, 4) is 0 Å². The molecule has 0 aliphatic heterocycles. The quantitative estimate of drug-likeness (QED) is 0.756. The van der Waals surface area contributed by atoms with E-state index < -0.39 is 5.54 Å². The first kappa shape index (κ1) is 14.5. The van der Waals surface area contributed by atoms with Gasteiger partial charge in [-0.1, -0.05) is 19.8 Å². The van der Waals surface area contributed by atoms with Crippen LogP contribution in [0.25, 0.3) is 11.0 Å². The van der Waals surface area contributed by atoms with Gasteiger partial charge in [0, 0.05) is 6.20 Å². The molecule has 5 nitrogen and oxygen atoms in total. The zero-order valence-electron chi connectivity index (χ0n) is 11.9. The van der Waals surface area contributed by atoms with Gasteiger partial charge in [-0.3, -0.25) is 4.79 Å². The van der Waals surface area contributed by atoms with Gasteiger partial charge >= 0.3 is 0 Å². The normalized spacial score (nSPS) is 14.2. The molecule has 1 unspecified atom stereocenters. The van der Waals surface area contributed by atoms with Crippen LogP contribution in [0, 0.1) is 0 Å². The van der Waals surface area contributed by atoms with E-state index in [0.717, 1.165) is 30.3 Å². The van der Waals surface area contributed by atoms with E-state index in [4.69, 9.17) is 0 Å². The molecule has 20 heavy (non-hydrogen) atoms. The molecule has 0 aliphatic rings. The third-order valence-corrected chi connectivity index (χ3v) is 3.48. The van der Waals surface area contributed by atoms with Crippen molar-refractivity contribution in [1.29, 1.82) is 0 Å². The van der Waals surface area contributed by atoms with E-state index in [1.807, 2.05) is 19.1 Å². The first-order valence-electron chi connectivity index (χ1n) is 6.95. The van der Waals surface area contributed by atoms with Crippen molar-refractivity contribution < 1.29 is 9.90 Å². The molecule has 2 aromatic rings. The van der Waals surface area contributed by atoms with Crippen molar-refractivity contribution in [1.82, 2.24) is 15.3 Å². The van der Waals surface area contributed by atoms with Gasteiger partial charge in [-0.2, -0.15) is 0 Å². The first-order chi connectivity index (χ1) is 9.58. The molecule has 0 aromatic carbocycles. The lowest BCUT2D eigenvalue weighted by Gasteiger charge is -2.28. The second kappa shape index (κ2) is 6.05. The number of carbonyl (C=O) groups is 1. The highest BCUT2D eigenvalue weighted by atomic mass is 16.3. The van der Waals surface area contributed by atoms with Crippen molar-refractivity contribution in [3.05, 3.63) is 30.1 Å². The van der Waals surface area contributed by atoms with E-state index in [-0.39, 0.29) is 12.5 Å². The molecule has 0 radical (unpaired) electrons. The lowest BCUT2D eigenvalue weighted by atomic mass is 9.95. The minimum atomic E-state index is -0.595. The molecule has 0 saturated carbocycles. The zero-order chi connectivity index (χ0) is 14.6. The summed E-state index contributed by atoms with van der Waals surface area (Å²) < 4.78 is 0. The number of aliphatic hydroxyl groups is 1. The Balaban J connectivity index is 2.13. The first-order valence-corrected chi connectivity index (χ1v) is 6.95. The second-order valence-electron chi connectivity index (χ2n) is 5.38. The summed E-state index contributed by atoms with van der Waals surface area (Å²) in [5.74, 6) is -0.249. The van der Waals surface area contributed by atoms with Crippen LogP contribution in [-0.4, -0.2) is 33.1 Å². The van der Waals surface area contributed by atoms with Crippen LogP contribution < -0.4 is 5.32 Å². The van der Waals surface area contributed by atoms with Crippen LogP contribution in [0.4, 0.5) is 0 Å². The van der Waals surface area contributed by atoms with E-state index in [1.165, 1.54) is 0 Å². The maximum atomic E-state index is 12.3. The summed E-state index contributed by atoms with van der Waals surface area (Å²) in [5, 5.41) is 12.4. The van der Waals surface area contributed by atoms with Crippen LogP contribution in [0.5, 0.6) is 0 Å². The topological polar surface area (TPSA) is 78.0 Å². The molecule has 2 heterocycles. The fraction of sp³-hybridized carbons (Fsp3) is 0.467. The summed E-state index contributed by atoms with van der Waals surface area (Å²) >= 11 is 0. The molecule has 2 rings (SSSR count). The standard InChI is InChI=1S/C15H21N3O2/c1-3-4-8-15(2,10-19)18-14(20)13-6-5-11-12(17-13)7-9-16-11/h5-7,9,16,19H,3-4,8,10H2,1-2H3,(H,18,20). The highest BCUT2D eigenvalue weighted by Crippen LogP contribution is 2.15. The molecular formula is C15H21N3O2. The molecule has 2 aromatic heterocycles. The number of carbonyl (C=O) groups excluding carboxylic acids is 1. The number of unbranched alkanes of at least 4 members (excludes halogenated alkanes) is 1. The minimum Gasteiger partial charge on any atom is -0.394 e. The number of pyridine rings is 1. The molecule has 1 amide bonds. The number of amides is 1. The minimum absolute atomic E-state index is 0.0782. The highest BCUT2D eigenvalue weighted by molar-refractivity contribution is 5.94. The van der Waals surface area contributed by atoms with Gasteiger partial charge in [0.25, 0.3) is 5.91 Å². The number of hydrogen-bond acceptors (Lipinski definition) is 3. The van der Waals surface area contributed by atoms with Crippen molar-refractivity contribution in [2.45, 2.75) is 38.6 Å². The SMILES string of the molecule is CCCCC(C)(CO)NC(=O)c1ccc2[nH]ccc2n1. The Morgan fingerprint density at radius 1 is 1.45 bits per heavy atom. The fourth-order valence-electron chi connectivity index (χ4n) is 2.15. The van der Waals surface area contributed by atoms with Crippen LogP contribution in [-0.2, 0) is 0 Å². The molecule has 0 spiro atoms. The predicted octanol–water partition coefficient (Wildman–Crippen LogP) is 2.23. The third-order valence-electron chi connectivity index (χ3n) is 3.48. The second-order valence-corrected chi connectivity index (χ2v) is 5.38. The van der Waals surface area contributed by atoms with Crippen LogP contribution >= 0.6 is 0 Å². The van der Waals surface area contributed by atoms with E-state index in [0.29, 0.717) is 5.69 Å². The Hall–Kier alpha value is -1.88. The number of hydrogen-bond donors (Lipinski definition) is 3. The van der Waals surface area contributed by atoms with E-state index in [9.17, 15) is 9.90 Å². The van der Waals surface area contributed by atoms with Gasteiger partial charge in [-0.05, 0) is 31.5 Å². The van der Waals surface area contributed by atoms with Gasteiger partial charge < -0.3 is 15.4 Å². The van der Waals surface area contributed by atoms with Crippen LogP contribution in [0.2, 0.25) is 0 Å². The van der Waals surface area contributed by atoms with Gasteiger partial charge in [-0.15, -0.1) is 0 Å². The number of H-pyrrole nitrogens is 1. The van der Waals surface area contributed by atoms with Crippen molar-refractivity contribution in [2.24, 2.45) is 0 Å². The number of nitrogens with zero attached hydrogens (tertiary/aromatic N) is 1. The van der Waals surface area contributed by atoms with Crippen LogP contribution in [0.1, 0.15) is 43.6 Å². The summed E-state index contributed by atoms with van der Waals surface area (Å²) in [4.78, 5) is 19.6. The van der Waals surface area contributed by atoms with Gasteiger partial charge in [0.15, 0.2) is 0 Å². The summed E-state index contributed by atoms with van der Waals surface area (Å²) in [6, 6.07) is 5.35. The fourth-order valence-corrected chi connectivity index (χ4v) is 2.15. The smallest absolute Gasteiger partial charge is 0.270 e. The Morgan fingerprint density at radius 2 is 2.25 bits per heavy atom. The molecule has 3 N–H and O–H groups in total. The Bertz CT molecular complexity index is 594. The van der Waals surface area contributed by atoms with Gasteiger partial charge in [0.2, 0.25) is 0 Å². The summed E-state index contributed by atoms with van der Waals surface area (Å²) in [6.07, 6.45) is 4.53. The highest BCUT2D eigenvalue weighted by Gasteiger charge is 2.25. The number of nitrogens with one attached hydrogen (secondary N) is 2. The van der Waals surface area contributed by atoms with E-state index in [1.54, 1.807) is 12.3 Å². The maximum Gasteiger partial charge on any atom is 0.270 e. The summed E-state index contributed by atoms with van der Waals surface area (Å²) in [7, 11) is 0. The van der Waals surface area contributed by atoms with Gasteiger partial charge in [0.1, 0.15) is 5.69 Å². The number of rotatable bonds is 6. The van der Waals surface area contributed by atoms with Crippen LogP contribution in [0.3, 0.4) is 0 Å². The van der Waals surface area contributed by atoms with Crippen molar-refractivity contribution in [3.63, 3.8) is 0 Å². The molecule has 0 fully saturated rings. The maximum absolute atomic E-state index is 12.3. The Kier molecular flexibility index (Phi) is 4.39. The average Bonchev–Trinajstić information content (AvgIpc) is 2.92. The molecule has 5 heteroatoms. The molecule has 108 valence electrons. The lowest BCUT2D eigenvalue weighted by Crippen LogP contribution is -2.49. The van der Waals surface area contributed by atoms with E-state index in [2.05, 4.69) is 22.2 Å². The molecule has 0 bridgehead atoms. The Morgan fingerprint density at radius 3 is 2.95 bits per heavy atom. The predicted molar refractivity (Wildman–Crippen MR) is 78.6 cm³/mol. The molecule has 0 aliphatic carbocycles. The number of aliphatic hydroxyl groups excluding tert-OH is 1. The molecule has 0 saturated heterocycles. The van der Waals surface area contributed by atoms with Gasteiger partial charge in [0.05, 0.1) is 23.2 Å². The third kappa shape index (κ3) is 3.17. The number of fused-ring (bicyclic) bond motifs is 1. The average molecular weight is 275 g/mol. The summed E-state index contributed by atoms with van der Waals surface area (Å²) in [5.41, 5.74) is 1.43. The lowest BCUT2D eigenvalue weighted by molar-refractivity contribution is 0.0834. The number of aromatic amines is 1.